The molecule has 0 saturated heterocycles. The molecule has 0 aromatic heterocycles. The maximum atomic E-state index is 11.5. The topological polar surface area (TPSA) is 75.4 Å². The molecule has 0 saturated carbocycles. The number of amides is 1. The Morgan fingerprint density at radius 2 is 2.00 bits per heavy atom. The molecule has 90 valence electrons. The Balaban J connectivity index is 3.73. The van der Waals surface area contributed by atoms with Crippen molar-refractivity contribution in [3.63, 3.8) is 0 Å². The number of carbonyl (C=O) groups is 1. The van der Waals surface area contributed by atoms with Crippen LogP contribution >= 0.6 is 0 Å². The van der Waals surface area contributed by atoms with Crippen molar-refractivity contribution in [2.75, 3.05) is 13.1 Å². The van der Waals surface area contributed by atoms with Gasteiger partial charge in [0.05, 0.1) is 6.10 Å². The third kappa shape index (κ3) is 6.47. The highest BCUT2D eigenvalue weighted by Crippen LogP contribution is 2.05. The molecule has 0 heterocycles. The molecule has 0 aliphatic carbocycles. The summed E-state index contributed by atoms with van der Waals surface area (Å²) in [6, 6.07) is 0. The van der Waals surface area contributed by atoms with Gasteiger partial charge in [-0.3, -0.25) is 4.79 Å². The fourth-order valence-corrected chi connectivity index (χ4v) is 1.17. The lowest BCUT2D eigenvalue weighted by molar-refractivity contribution is -0.125. The van der Waals surface area contributed by atoms with Crippen LogP contribution in [0, 0.1) is 11.8 Å². The van der Waals surface area contributed by atoms with Crippen LogP contribution in [0.15, 0.2) is 0 Å². The largest absolute Gasteiger partial charge is 0.391 e. The van der Waals surface area contributed by atoms with E-state index in [1.165, 1.54) is 0 Å². The lowest BCUT2D eigenvalue weighted by atomic mass is 10.0. The number of nitrogens with one attached hydrogen (secondary N) is 1. The van der Waals surface area contributed by atoms with E-state index >= 15 is 0 Å². The summed E-state index contributed by atoms with van der Waals surface area (Å²) in [5, 5.41) is 12.2. The van der Waals surface area contributed by atoms with E-state index in [0.717, 1.165) is 12.8 Å². The van der Waals surface area contributed by atoms with Gasteiger partial charge in [0.15, 0.2) is 0 Å². The van der Waals surface area contributed by atoms with Gasteiger partial charge in [0.1, 0.15) is 0 Å². The first-order valence-corrected chi connectivity index (χ1v) is 5.64. The van der Waals surface area contributed by atoms with Crippen LogP contribution in [-0.2, 0) is 4.79 Å². The highest BCUT2D eigenvalue weighted by Gasteiger charge is 2.14. The normalized spacial score (nSPS) is 15.1. The van der Waals surface area contributed by atoms with E-state index in [1.54, 1.807) is 0 Å². The molecule has 2 atom stereocenters. The van der Waals surface area contributed by atoms with Crippen molar-refractivity contribution in [3.05, 3.63) is 0 Å². The molecule has 0 fully saturated rings. The number of nitrogens with two attached hydrogens (primary N) is 1. The summed E-state index contributed by atoms with van der Waals surface area (Å²) in [4.78, 5) is 11.5. The van der Waals surface area contributed by atoms with Crippen LogP contribution in [0.1, 0.15) is 33.6 Å². The van der Waals surface area contributed by atoms with Gasteiger partial charge in [-0.2, -0.15) is 0 Å². The van der Waals surface area contributed by atoms with Gasteiger partial charge in [0.25, 0.3) is 0 Å². The van der Waals surface area contributed by atoms with Crippen LogP contribution in [0.5, 0.6) is 0 Å². The van der Waals surface area contributed by atoms with Gasteiger partial charge >= 0.3 is 0 Å². The first-order chi connectivity index (χ1) is 6.99. The molecule has 4 heteroatoms. The van der Waals surface area contributed by atoms with Crippen molar-refractivity contribution in [2.45, 2.75) is 39.7 Å². The third-order valence-electron chi connectivity index (χ3n) is 2.54. The van der Waals surface area contributed by atoms with Gasteiger partial charge in [0.2, 0.25) is 5.91 Å². The number of hydrogen-bond donors (Lipinski definition) is 3. The predicted octanol–water partition coefficient (Wildman–Crippen LogP) is 0.495. The number of hydrogen-bond acceptors (Lipinski definition) is 3. The molecule has 0 aromatic rings. The monoisotopic (exact) mass is 216 g/mol. The Hall–Kier alpha value is -0.610. The van der Waals surface area contributed by atoms with Crippen molar-refractivity contribution in [2.24, 2.45) is 17.6 Å². The number of aliphatic hydroxyl groups excluding tert-OH is 1. The molecule has 4 nitrogen and oxygen atoms in total. The van der Waals surface area contributed by atoms with Gasteiger partial charge in [-0.25, -0.2) is 0 Å². The lowest BCUT2D eigenvalue weighted by Gasteiger charge is -2.17. The van der Waals surface area contributed by atoms with Crippen LogP contribution in [0.2, 0.25) is 0 Å². The van der Waals surface area contributed by atoms with Crippen LogP contribution in [0.25, 0.3) is 0 Å². The Kier molecular flexibility index (Phi) is 7.34. The van der Waals surface area contributed by atoms with Crippen molar-refractivity contribution < 1.29 is 9.90 Å². The second kappa shape index (κ2) is 7.65. The SMILES string of the molecule is CC(CCCN)C(=O)NCC(O)C(C)C. The Bertz CT molecular complexity index is 183. The van der Waals surface area contributed by atoms with E-state index in [-0.39, 0.29) is 17.7 Å². The quantitative estimate of drug-likeness (QED) is 0.580. The maximum Gasteiger partial charge on any atom is 0.222 e. The van der Waals surface area contributed by atoms with Gasteiger partial charge in [-0.15, -0.1) is 0 Å². The summed E-state index contributed by atoms with van der Waals surface area (Å²) < 4.78 is 0. The second-order valence-corrected chi connectivity index (χ2v) is 4.39. The van der Waals surface area contributed by atoms with Crippen LogP contribution < -0.4 is 11.1 Å². The molecule has 0 spiro atoms. The average Bonchev–Trinajstić information content (AvgIpc) is 2.21. The van der Waals surface area contributed by atoms with Crippen LogP contribution in [0.3, 0.4) is 0 Å². The Morgan fingerprint density at radius 1 is 1.40 bits per heavy atom. The standard InChI is InChI=1S/C11H24N2O2/c1-8(2)10(14)7-13-11(15)9(3)5-4-6-12/h8-10,14H,4-7,12H2,1-3H3,(H,13,15). The molecular weight excluding hydrogens is 192 g/mol. The summed E-state index contributed by atoms with van der Waals surface area (Å²) in [7, 11) is 0. The number of rotatable bonds is 7. The van der Waals surface area contributed by atoms with E-state index in [0.29, 0.717) is 13.1 Å². The van der Waals surface area contributed by atoms with Gasteiger partial charge < -0.3 is 16.2 Å². The van der Waals surface area contributed by atoms with E-state index in [9.17, 15) is 9.90 Å². The van der Waals surface area contributed by atoms with E-state index < -0.39 is 6.10 Å². The zero-order valence-electron chi connectivity index (χ0n) is 9.99. The third-order valence-corrected chi connectivity index (χ3v) is 2.54. The highest BCUT2D eigenvalue weighted by atomic mass is 16.3. The van der Waals surface area contributed by atoms with Crippen molar-refractivity contribution in [1.82, 2.24) is 5.32 Å². The molecule has 0 bridgehead atoms. The lowest BCUT2D eigenvalue weighted by Crippen LogP contribution is -2.37. The van der Waals surface area contributed by atoms with E-state index in [1.807, 2.05) is 20.8 Å². The zero-order chi connectivity index (χ0) is 11.8. The van der Waals surface area contributed by atoms with Crippen LogP contribution in [-0.4, -0.2) is 30.2 Å². The van der Waals surface area contributed by atoms with Crippen molar-refractivity contribution in [1.29, 1.82) is 0 Å². The Labute approximate surface area is 92.2 Å². The zero-order valence-corrected chi connectivity index (χ0v) is 9.99. The van der Waals surface area contributed by atoms with E-state index in [2.05, 4.69) is 5.32 Å². The molecule has 0 aromatic carbocycles. The van der Waals surface area contributed by atoms with Crippen molar-refractivity contribution in [3.8, 4) is 0 Å². The van der Waals surface area contributed by atoms with Gasteiger partial charge in [0, 0.05) is 12.5 Å². The molecule has 0 radical (unpaired) electrons. The summed E-state index contributed by atoms with van der Waals surface area (Å²) in [6.45, 7) is 6.69. The fraction of sp³-hybridized carbons (Fsp3) is 0.909. The first kappa shape index (κ1) is 14.4. The number of carbonyl (C=O) groups excluding carboxylic acids is 1. The molecule has 4 N–H and O–H groups in total. The fourth-order valence-electron chi connectivity index (χ4n) is 1.17. The van der Waals surface area contributed by atoms with Crippen LogP contribution in [0.4, 0.5) is 0 Å². The molecule has 0 aliphatic rings. The highest BCUT2D eigenvalue weighted by molar-refractivity contribution is 5.78. The first-order valence-electron chi connectivity index (χ1n) is 5.64. The molecule has 0 rings (SSSR count). The average molecular weight is 216 g/mol. The van der Waals surface area contributed by atoms with E-state index in [4.69, 9.17) is 5.73 Å². The minimum absolute atomic E-state index is 0.00292. The van der Waals surface area contributed by atoms with Gasteiger partial charge in [-0.05, 0) is 25.3 Å². The molecule has 15 heavy (non-hydrogen) atoms. The summed E-state index contributed by atoms with van der Waals surface area (Å²) in [5.74, 6) is 0.153. The molecular formula is C11H24N2O2. The van der Waals surface area contributed by atoms with Gasteiger partial charge in [-0.1, -0.05) is 20.8 Å². The smallest absolute Gasteiger partial charge is 0.222 e. The second-order valence-electron chi connectivity index (χ2n) is 4.39. The Morgan fingerprint density at radius 3 is 2.47 bits per heavy atom. The predicted molar refractivity (Wildman–Crippen MR) is 61.3 cm³/mol. The van der Waals surface area contributed by atoms with Crippen molar-refractivity contribution >= 4 is 5.91 Å². The molecule has 0 aliphatic heterocycles. The molecule has 2 unspecified atom stereocenters. The summed E-state index contributed by atoms with van der Waals surface area (Å²) >= 11 is 0. The number of aliphatic hydroxyl groups is 1. The summed E-state index contributed by atoms with van der Waals surface area (Å²) in [6.07, 6.45) is 1.21. The maximum absolute atomic E-state index is 11.5. The summed E-state index contributed by atoms with van der Waals surface area (Å²) in [5.41, 5.74) is 5.37. The molecule has 1 amide bonds. The minimum Gasteiger partial charge on any atom is -0.391 e. The minimum atomic E-state index is -0.462.